The Bertz CT molecular complexity index is 1550. The van der Waals surface area contributed by atoms with Crippen molar-refractivity contribution in [3.63, 3.8) is 0 Å². The molecule has 1 saturated heterocycles. The topological polar surface area (TPSA) is 142 Å². The molecule has 16 heteroatoms. The molecule has 5 rings (SSSR count). The minimum atomic E-state index is -3.38. The number of piperidine rings is 1. The van der Waals surface area contributed by atoms with Gasteiger partial charge >= 0.3 is 5.97 Å². The number of methoxy groups -OCH3 is 2. The Morgan fingerprint density at radius 1 is 1.18 bits per heavy atom. The Kier molecular flexibility index (Phi) is 8.29. The summed E-state index contributed by atoms with van der Waals surface area (Å²) in [5.74, 6) is -9.01. The predicted octanol–water partition coefficient (Wildman–Crippen LogP) is 3.11. The lowest BCUT2D eigenvalue weighted by atomic mass is 9.74. The lowest BCUT2D eigenvalue weighted by Gasteiger charge is -2.37. The maximum Gasteiger partial charge on any atom is 0.322 e. The summed E-state index contributed by atoms with van der Waals surface area (Å²) in [6, 6.07) is 2.23. The number of nitrogens with zero attached hydrogens (tertiary/aromatic N) is 5. The van der Waals surface area contributed by atoms with Gasteiger partial charge in [-0.2, -0.15) is 10.2 Å². The van der Waals surface area contributed by atoms with Gasteiger partial charge in [-0.25, -0.2) is 27.1 Å². The van der Waals surface area contributed by atoms with Crippen LogP contribution in [0.15, 0.2) is 24.5 Å². The Hall–Kier alpha value is -4.24. The van der Waals surface area contributed by atoms with Gasteiger partial charge in [-0.15, -0.1) is 0 Å². The minimum absolute atomic E-state index is 0.00643. The van der Waals surface area contributed by atoms with Gasteiger partial charge in [0.1, 0.15) is 17.1 Å². The first-order valence-electron chi connectivity index (χ1n) is 14.2. The Morgan fingerprint density at radius 3 is 2.57 bits per heavy atom. The summed E-state index contributed by atoms with van der Waals surface area (Å²) in [4.78, 5) is 43.6. The molecule has 2 atom stereocenters. The molecule has 0 spiro atoms. The number of aryl methyl sites for hydroxylation is 1. The Balaban J connectivity index is 1.53. The van der Waals surface area contributed by atoms with Crippen LogP contribution in [0.3, 0.4) is 0 Å². The lowest BCUT2D eigenvalue weighted by Crippen LogP contribution is -2.59. The molecule has 3 aromatic rings. The number of carbonyl (C=O) groups is 3. The average Bonchev–Trinajstić information content (AvgIpc) is 3.63. The van der Waals surface area contributed by atoms with Gasteiger partial charge in [-0.3, -0.25) is 19.1 Å². The fourth-order valence-corrected chi connectivity index (χ4v) is 6.06. The van der Waals surface area contributed by atoms with Crippen LogP contribution in [0.25, 0.3) is 5.65 Å². The molecule has 1 aliphatic carbocycles. The van der Waals surface area contributed by atoms with Crippen molar-refractivity contribution >= 4 is 23.4 Å². The van der Waals surface area contributed by atoms with Crippen molar-refractivity contribution in [2.75, 3.05) is 20.8 Å². The third kappa shape index (κ3) is 5.93. The molecule has 2 aliphatic rings. The number of hydrogen-bond donors (Lipinski definition) is 2. The van der Waals surface area contributed by atoms with Gasteiger partial charge < -0.3 is 20.1 Å². The number of esters is 1. The molecule has 0 aromatic carbocycles. The van der Waals surface area contributed by atoms with Crippen molar-refractivity contribution in [2.45, 2.75) is 69.9 Å². The summed E-state index contributed by atoms with van der Waals surface area (Å²) in [5.41, 5.74) is -1.41. The number of alkyl halides is 4. The molecule has 2 amide bonds. The van der Waals surface area contributed by atoms with E-state index in [0.29, 0.717) is 17.9 Å². The molecule has 3 aromatic heterocycles. The summed E-state index contributed by atoms with van der Waals surface area (Å²) >= 11 is 0. The largest absolute Gasteiger partial charge is 0.495 e. The second kappa shape index (κ2) is 11.7. The van der Waals surface area contributed by atoms with Crippen molar-refractivity contribution in [3.05, 3.63) is 41.6 Å². The van der Waals surface area contributed by atoms with Crippen molar-refractivity contribution in [1.29, 1.82) is 0 Å². The molecule has 2 fully saturated rings. The second-order valence-corrected chi connectivity index (χ2v) is 11.3. The zero-order valence-electron chi connectivity index (χ0n) is 24.4. The number of imidazole rings is 1. The van der Waals surface area contributed by atoms with E-state index in [1.807, 2.05) is 6.92 Å². The van der Waals surface area contributed by atoms with Crippen LogP contribution in [0, 0.1) is 11.3 Å². The van der Waals surface area contributed by atoms with Crippen LogP contribution in [0.5, 0.6) is 5.75 Å². The molecule has 0 bridgehead atoms. The van der Waals surface area contributed by atoms with Crippen molar-refractivity contribution in [1.82, 2.24) is 35.0 Å². The number of rotatable bonds is 9. The van der Waals surface area contributed by atoms with Crippen LogP contribution >= 0.6 is 0 Å². The second-order valence-electron chi connectivity index (χ2n) is 11.3. The highest BCUT2D eigenvalue weighted by Crippen LogP contribution is 2.43. The third-order valence-electron chi connectivity index (χ3n) is 8.36. The van der Waals surface area contributed by atoms with Crippen molar-refractivity contribution in [2.24, 2.45) is 11.3 Å². The highest BCUT2D eigenvalue weighted by atomic mass is 19.3. The standard InChI is InChI=1S/C28H33F4N7O5/c1-4-38-19(7-10-34-38)23(40)36-22(16-5-8-27(29,30)9-6-16)18-13-39-21(35-18)11-20(43-2)17(37-39)12-26(25(42)44-3)14-28(31,32)15-33-24(26)41/h7,10-11,13,16,22H,4-6,8-9,12,14-15H2,1-3H3,(H,33,41)(H,36,40)/t22-,26?/m0/s1. The van der Waals surface area contributed by atoms with Crippen LogP contribution < -0.4 is 15.4 Å². The maximum atomic E-state index is 14.5. The quantitative estimate of drug-likeness (QED) is 0.211. The van der Waals surface area contributed by atoms with E-state index in [4.69, 9.17) is 9.47 Å². The van der Waals surface area contributed by atoms with Crippen molar-refractivity contribution < 1.29 is 41.4 Å². The molecular formula is C28H33F4N7O5. The number of nitrogens with one attached hydrogen (secondary N) is 2. The number of halogens is 4. The van der Waals surface area contributed by atoms with Crippen LogP contribution in [0.4, 0.5) is 17.6 Å². The van der Waals surface area contributed by atoms with Gasteiger partial charge in [0.2, 0.25) is 11.8 Å². The fourth-order valence-electron chi connectivity index (χ4n) is 6.06. The first-order valence-corrected chi connectivity index (χ1v) is 14.2. The number of aromatic nitrogens is 5. The van der Waals surface area contributed by atoms with Gasteiger partial charge in [-0.05, 0) is 31.7 Å². The summed E-state index contributed by atoms with van der Waals surface area (Å²) in [6.07, 6.45) is 0.898. The normalized spacial score (nSPS) is 22.3. The van der Waals surface area contributed by atoms with Gasteiger partial charge in [0, 0.05) is 44.5 Å². The van der Waals surface area contributed by atoms with Gasteiger partial charge in [0.25, 0.3) is 11.8 Å². The van der Waals surface area contributed by atoms with Gasteiger partial charge in [0.05, 0.1) is 38.7 Å². The van der Waals surface area contributed by atoms with E-state index in [1.165, 1.54) is 34.8 Å². The van der Waals surface area contributed by atoms with E-state index in [1.54, 1.807) is 6.07 Å². The molecule has 238 valence electrons. The van der Waals surface area contributed by atoms with E-state index < -0.39 is 60.5 Å². The lowest BCUT2D eigenvalue weighted by molar-refractivity contribution is -0.172. The maximum absolute atomic E-state index is 14.5. The molecule has 1 unspecified atom stereocenters. The zero-order valence-corrected chi connectivity index (χ0v) is 24.4. The van der Waals surface area contributed by atoms with Crippen LogP contribution in [0.1, 0.15) is 66.9 Å². The third-order valence-corrected chi connectivity index (χ3v) is 8.36. The summed E-state index contributed by atoms with van der Waals surface area (Å²) in [7, 11) is 2.31. The van der Waals surface area contributed by atoms with Crippen LogP contribution in [-0.4, -0.2) is 74.8 Å². The number of carbonyl (C=O) groups excluding carboxylic acids is 3. The molecule has 44 heavy (non-hydrogen) atoms. The first kappa shape index (κ1) is 31.2. The van der Waals surface area contributed by atoms with E-state index in [2.05, 4.69) is 25.8 Å². The van der Waals surface area contributed by atoms with Gasteiger partial charge in [-0.1, -0.05) is 0 Å². The summed E-state index contributed by atoms with van der Waals surface area (Å²) in [6.45, 7) is 1.35. The Morgan fingerprint density at radius 2 is 1.91 bits per heavy atom. The molecule has 2 N–H and O–H groups in total. The highest BCUT2D eigenvalue weighted by molar-refractivity contribution is 6.03. The Labute approximate surface area is 249 Å². The van der Waals surface area contributed by atoms with Gasteiger partial charge in [0.15, 0.2) is 11.1 Å². The monoisotopic (exact) mass is 623 g/mol. The van der Waals surface area contributed by atoms with E-state index >= 15 is 0 Å². The first-order chi connectivity index (χ1) is 20.8. The van der Waals surface area contributed by atoms with Crippen LogP contribution in [0.2, 0.25) is 0 Å². The fraction of sp³-hybridized carbons (Fsp3) is 0.571. The molecule has 0 radical (unpaired) electrons. The molecular weight excluding hydrogens is 590 g/mol. The smallest absolute Gasteiger partial charge is 0.322 e. The van der Waals surface area contributed by atoms with Crippen LogP contribution in [-0.2, 0) is 27.3 Å². The number of hydrogen-bond acceptors (Lipinski definition) is 8. The highest BCUT2D eigenvalue weighted by Gasteiger charge is 2.57. The van der Waals surface area contributed by atoms with Crippen molar-refractivity contribution in [3.8, 4) is 5.75 Å². The number of ether oxygens (including phenoxy) is 2. The zero-order chi connectivity index (χ0) is 31.9. The van der Waals surface area contributed by atoms with E-state index in [0.717, 1.165) is 7.11 Å². The number of amides is 2. The minimum Gasteiger partial charge on any atom is -0.495 e. The molecule has 4 heterocycles. The summed E-state index contributed by atoms with van der Waals surface area (Å²) in [5, 5.41) is 13.6. The summed E-state index contributed by atoms with van der Waals surface area (Å²) < 4.78 is 70.1. The molecule has 1 saturated carbocycles. The number of fused-ring (bicyclic) bond motifs is 1. The average molecular weight is 624 g/mol. The van der Waals surface area contributed by atoms with E-state index in [9.17, 15) is 31.9 Å². The molecule has 1 aliphatic heterocycles. The SMILES string of the molecule is CCn1nccc1C(=O)N[C@H](c1cn2nc(CC3(C(=O)OC)CC(F)(F)CNC3=O)c(OC)cc2n1)C1CCC(F)(F)CC1. The molecule has 12 nitrogen and oxygen atoms in total. The predicted molar refractivity (Wildman–Crippen MR) is 145 cm³/mol. The van der Waals surface area contributed by atoms with E-state index in [-0.39, 0.29) is 48.7 Å².